The monoisotopic (exact) mass is 354 g/mol. The van der Waals surface area contributed by atoms with Gasteiger partial charge in [0.25, 0.3) is 5.91 Å². The fourth-order valence-electron chi connectivity index (χ4n) is 2.98. The van der Waals surface area contributed by atoms with Crippen LogP contribution in [0.5, 0.6) is 0 Å². The Bertz CT molecular complexity index is 783. The normalized spacial score (nSPS) is 13.6. The maximum Gasteiger partial charge on any atom is 0.255 e. The second-order valence-corrected chi connectivity index (χ2v) is 6.89. The van der Waals surface area contributed by atoms with Crippen molar-refractivity contribution in [2.24, 2.45) is 0 Å². The number of hydrogen-bond acceptors (Lipinski definition) is 6. The average Bonchev–Trinajstić information content (AvgIpc) is 3.16. The first-order chi connectivity index (χ1) is 12.5. The quantitative estimate of drug-likeness (QED) is 0.890. The number of anilines is 4. The van der Waals surface area contributed by atoms with E-state index in [4.69, 9.17) is 0 Å². The van der Waals surface area contributed by atoms with Crippen molar-refractivity contribution >= 4 is 29.0 Å². The van der Waals surface area contributed by atoms with Crippen LogP contribution in [-0.2, 0) is 0 Å². The molecule has 7 nitrogen and oxygen atoms in total. The van der Waals surface area contributed by atoms with Gasteiger partial charge < -0.3 is 20.0 Å². The van der Waals surface area contributed by atoms with Crippen molar-refractivity contribution in [1.82, 2.24) is 9.97 Å². The van der Waals surface area contributed by atoms with Crippen LogP contribution >= 0.6 is 0 Å². The largest absolute Gasteiger partial charge is 0.378 e. The summed E-state index contributed by atoms with van der Waals surface area (Å²) in [5.74, 6) is 1.26. The smallest absolute Gasteiger partial charge is 0.255 e. The lowest BCUT2D eigenvalue weighted by molar-refractivity contribution is 0.102. The minimum atomic E-state index is -0.172. The van der Waals surface area contributed by atoms with Crippen LogP contribution in [0.25, 0.3) is 0 Å². The number of carbonyl (C=O) groups is 1. The van der Waals surface area contributed by atoms with Gasteiger partial charge in [-0.3, -0.25) is 4.79 Å². The van der Waals surface area contributed by atoms with Gasteiger partial charge in [-0.15, -0.1) is 0 Å². The van der Waals surface area contributed by atoms with Crippen molar-refractivity contribution in [3.05, 3.63) is 36.0 Å². The van der Waals surface area contributed by atoms with E-state index in [0.717, 1.165) is 24.7 Å². The van der Waals surface area contributed by atoms with Crippen molar-refractivity contribution < 1.29 is 4.79 Å². The summed E-state index contributed by atoms with van der Waals surface area (Å²) in [4.78, 5) is 27.9. The number of benzene rings is 1. The van der Waals surface area contributed by atoms with E-state index in [1.807, 2.05) is 56.2 Å². The van der Waals surface area contributed by atoms with Crippen LogP contribution in [0.3, 0.4) is 0 Å². The van der Waals surface area contributed by atoms with Crippen LogP contribution in [0, 0.1) is 0 Å². The van der Waals surface area contributed by atoms with Gasteiger partial charge in [0, 0.05) is 52.5 Å². The second kappa shape index (κ2) is 7.59. The second-order valence-electron chi connectivity index (χ2n) is 6.89. The Kier molecular flexibility index (Phi) is 5.25. The van der Waals surface area contributed by atoms with E-state index in [9.17, 15) is 4.79 Å². The molecule has 7 heteroatoms. The van der Waals surface area contributed by atoms with E-state index in [1.54, 1.807) is 12.3 Å². The number of nitrogens with zero attached hydrogens (tertiary/aromatic N) is 5. The minimum absolute atomic E-state index is 0.172. The summed E-state index contributed by atoms with van der Waals surface area (Å²) in [5, 5.41) is 2.95. The van der Waals surface area contributed by atoms with E-state index in [-0.39, 0.29) is 5.91 Å². The Balaban J connectivity index is 1.84. The fraction of sp³-hybridized carbons (Fsp3) is 0.421. The third-order valence-corrected chi connectivity index (χ3v) is 4.44. The molecule has 1 saturated heterocycles. The summed E-state index contributed by atoms with van der Waals surface area (Å²) in [7, 11) is 7.73. The molecule has 1 aromatic heterocycles. The molecule has 1 aliphatic rings. The maximum atomic E-state index is 12.7. The Morgan fingerprint density at radius 2 is 1.85 bits per heavy atom. The van der Waals surface area contributed by atoms with Gasteiger partial charge in [0.1, 0.15) is 5.69 Å². The number of nitrogens with one attached hydrogen (secondary N) is 1. The Labute approximate surface area is 154 Å². The highest BCUT2D eigenvalue weighted by Gasteiger charge is 2.19. The fourth-order valence-corrected chi connectivity index (χ4v) is 2.98. The van der Waals surface area contributed by atoms with Crippen molar-refractivity contribution in [2.75, 3.05) is 61.3 Å². The Morgan fingerprint density at radius 1 is 1.12 bits per heavy atom. The van der Waals surface area contributed by atoms with E-state index in [1.165, 1.54) is 12.8 Å². The maximum absolute atomic E-state index is 12.7. The average molecular weight is 354 g/mol. The van der Waals surface area contributed by atoms with Crippen molar-refractivity contribution in [2.45, 2.75) is 12.8 Å². The van der Waals surface area contributed by atoms with Gasteiger partial charge in [0.05, 0.1) is 6.20 Å². The molecule has 1 fully saturated rings. The highest BCUT2D eigenvalue weighted by atomic mass is 16.1. The first kappa shape index (κ1) is 18.0. The molecular formula is C19H26N6O. The summed E-state index contributed by atoms with van der Waals surface area (Å²) in [5.41, 5.74) is 2.19. The summed E-state index contributed by atoms with van der Waals surface area (Å²) < 4.78 is 0. The molecule has 2 aromatic rings. The number of hydrogen-bond donors (Lipinski definition) is 1. The van der Waals surface area contributed by atoms with Crippen LogP contribution in [0.15, 0.2) is 30.5 Å². The van der Waals surface area contributed by atoms with Crippen molar-refractivity contribution in [3.63, 3.8) is 0 Å². The van der Waals surface area contributed by atoms with E-state index < -0.39 is 0 Å². The van der Waals surface area contributed by atoms with Gasteiger partial charge >= 0.3 is 0 Å². The molecular weight excluding hydrogens is 328 g/mol. The Hall–Kier alpha value is -2.83. The lowest BCUT2D eigenvalue weighted by Gasteiger charge is -2.21. The first-order valence-corrected chi connectivity index (χ1v) is 8.84. The topological polar surface area (TPSA) is 64.6 Å². The molecule has 1 amide bonds. The SMILES string of the molecule is CN(C)c1cccc(C(=O)Nc2cnc(N3CCCC3)nc2N(C)C)c1. The Morgan fingerprint density at radius 3 is 2.50 bits per heavy atom. The van der Waals surface area contributed by atoms with Gasteiger partial charge in [-0.2, -0.15) is 4.98 Å². The zero-order chi connectivity index (χ0) is 18.7. The molecule has 0 unspecified atom stereocenters. The zero-order valence-corrected chi connectivity index (χ0v) is 15.9. The van der Waals surface area contributed by atoms with E-state index in [2.05, 4.69) is 20.2 Å². The number of carbonyl (C=O) groups excluding carboxylic acids is 1. The third-order valence-electron chi connectivity index (χ3n) is 4.44. The summed E-state index contributed by atoms with van der Waals surface area (Å²) >= 11 is 0. The molecule has 0 spiro atoms. The number of aromatic nitrogens is 2. The minimum Gasteiger partial charge on any atom is -0.378 e. The first-order valence-electron chi connectivity index (χ1n) is 8.84. The van der Waals surface area contributed by atoms with Crippen LogP contribution in [0.2, 0.25) is 0 Å². The van der Waals surface area contributed by atoms with Gasteiger partial charge in [0.2, 0.25) is 5.95 Å². The number of amides is 1. The molecule has 0 aliphatic carbocycles. The third kappa shape index (κ3) is 3.87. The predicted octanol–water partition coefficient (Wildman–Crippen LogP) is 2.46. The molecule has 0 saturated carbocycles. The van der Waals surface area contributed by atoms with Gasteiger partial charge in [-0.05, 0) is 31.0 Å². The molecule has 3 rings (SSSR count). The van der Waals surface area contributed by atoms with Gasteiger partial charge in [-0.25, -0.2) is 4.98 Å². The molecule has 0 radical (unpaired) electrons. The highest BCUT2D eigenvalue weighted by molar-refractivity contribution is 6.06. The van der Waals surface area contributed by atoms with Crippen LogP contribution in [0.1, 0.15) is 23.2 Å². The molecule has 26 heavy (non-hydrogen) atoms. The van der Waals surface area contributed by atoms with Gasteiger partial charge in [-0.1, -0.05) is 6.07 Å². The lowest BCUT2D eigenvalue weighted by Crippen LogP contribution is -2.24. The predicted molar refractivity (Wildman–Crippen MR) is 107 cm³/mol. The molecule has 1 N–H and O–H groups in total. The van der Waals surface area contributed by atoms with E-state index >= 15 is 0 Å². The molecule has 1 aliphatic heterocycles. The molecule has 138 valence electrons. The molecule has 0 atom stereocenters. The van der Waals surface area contributed by atoms with Crippen LogP contribution in [0.4, 0.5) is 23.1 Å². The van der Waals surface area contributed by atoms with E-state index in [0.29, 0.717) is 17.1 Å². The molecule has 0 bridgehead atoms. The summed E-state index contributed by atoms with van der Waals surface area (Å²) in [6.45, 7) is 1.96. The molecule has 1 aromatic carbocycles. The number of rotatable bonds is 5. The summed E-state index contributed by atoms with van der Waals surface area (Å²) in [6, 6.07) is 7.52. The summed E-state index contributed by atoms with van der Waals surface area (Å²) in [6.07, 6.45) is 4.03. The van der Waals surface area contributed by atoms with Crippen molar-refractivity contribution in [3.8, 4) is 0 Å². The standard InChI is InChI=1S/C19H26N6O/c1-23(2)15-9-7-8-14(12-15)18(26)21-16-13-20-19(22-17(16)24(3)4)25-10-5-6-11-25/h7-9,12-13H,5-6,10-11H2,1-4H3,(H,21,26). The lowest BCUT2D eigenvalue weighted by atomic mass is 10.2. The highest BCUT2D eigenvalue weighted by Crippen LogP contribution is 2.26. The zero-order valence-electron chi connectivity index (χ0n) is 15.9. The van der Waals surface area contributed by atoms with Crippen molar-refractivity contribution in [1.29, 1.82) is 0 Å². The van der Waals surface area contributed by atoms with Gasteiger partial charge in [0.15, 0.2) is 5.82 Å². The van der Waals surface area contributed by atoms with Crippen LogP contribution in [-0.4, -0.2) is 57.2 Å². The molecule has 2 heterocycles. The van der Waals surface area contributed by atoms with Crippen LogP contribution < -0.4 is 20.0 Å².